The summed E-state index contributed by atoms with van der Waals surface area (Å²) in [5, 5.41) is 3.46. The number of hydrogen-bond donors (Lipinski definition) is 0. The smallest absolute Gasteiger partial charge is 0.335 e. The fraction of sp³-hybridized carbons (Fsp3) is 0.900. The monoisotopic (exact) mass is 307 g/mol. The van der Waals surface area contributed by atoms with Crippen LogP contribution in [-0.2, 0) is 28.6 Å². The van der Waals surface area contributed by atoms with E-state index in [1.165, 1.54) is 0 Å². The highest BCUT2D eigenvalue weighted by Gasteiger charge is 2.42. The van der Waals surface area contributed by atoms with Crippen LogP contribution < -0.4 is 0 Å². The van der Waals surface area contributed by atoms with Crippen LogP contribution in [0.1, 0.15) is 20.3 Å². The van der Waals surface area contributed by atoms with Crippen molar-refractivity contribution in [1.82, 2.24) is 0 Å². The minimum atomic E-state index is -3.67. The molecule has 10 heteroatoms. The van der Waals surface area contributed by atoms with Gasteiger partial charge in [0.05, 0.1) is 25.0 Å². The molecule has 1 aliphatic rings. The maximum Gasteiger partial charge on any atom is 0.335 e. The molecule has 0 unspecified atom stereocenters. The van der Waals surface area contributed by atoms with E-state index in [0.29, 0.717) is 0 Å². The van der Waals surface area contributed by atoms with Gasteiger partial charge in [-0.05, 0) is 25.8 Å². The number of carbonyl (C=O) groups excluding carboxylic acids is 1. The normalized spacial score (nSPS) is 30.4. The highest BCUT2D eigenvalue weighted by molar-refractivity contribution is 7.86. The van der Waals surface area contributed by atoms with E-state index in [1.807, 2.05) is 0 Å². The van der Waals surface area contributed by atoms with Crippen LogP contribution in [0.3, 0.4) is 0 Å². The van der Waals surface area contributed by atoms with Crippen LogP contribution >= 0.6 is 0 Å². The molecule has 114 valence electrons. The Bertz CT molecular complexity index is 501. The summed E-state index contributed by atoms with van der Waals surface area (Å²) in [5.74, 6) is -0.644. The SMILES string of the molecule is CCOC(=O)[C@H]1O[C@H](C)[C@@H](OS(C)(=O)=O)C[C@H]1N=[N+]=[N-]. The molecule has 0 aromatic heterocycles. The van der Waals surface area contributed by atoms with E-state index in [2.05, 4.69) is 10.0 Å². The summed E-state index contributed by atoms with van der Waals surface area (Å²) in [5.41, 5.74) is 8.52. The zero-order valence-electron chi connectivity index (χ0n) is 11.4. The first kappa shape index (κ1) is 16.7. The fourth-order valence-electron chi connectivity index (χ4n) is 1.92. The molecule has 0 N–H and O–H groups in total. The second-order valence-electron chi connectivity index (χ2n) is 4.36. The molecule has 1 rings (SSSR count). The molecule has 0 bridgehead atoms. The van der Waals surface area contributed by atoms with Gasteiger partial charge in [0.1, 0.15) is 6.10 Å². The molecule has 0 amide bonds. The van der Waals surface area contributed by atoms with Crippen LogP contribution in [0.5, 0.6) is 0 Å². The minimum Gasteiger partial charge on any atom is -0.464 e. The third-order valence-corrected chi connectivity index (χ3v) is 3.32. The molecule has 1 saturated heterocycles. The quantitative estimate of drug-likeness (QED) is 0.242. The van der Waals surface area contributed by atoms with Crippen molar-refractivity contribution in [2.45, 2.75) is 44.6 Å². The van der Waals surface area contributed by atoms with Gasteiger partial charge in [-0.3, -0.25) is 4.18 Å². The average molecular weight is 307 g/mol. The Kier molecular flexibility index (Phi) is 5.75. The molecule has 20 heavy (non-hydrogen) atoms. The molecule has 0 spiro atoms. The molecular weight excluding hydrogens is 290 g/mol. The van der Waals surface area contributed by atoms with E-state index in [-0.39, 0.29) is 13.0 Å². The van der Waals surface area contributed by atoms with Gasteiger partial charge >= 0.3 is 5.97 Å². The van der Waals surface area contributed by atoms with Crippen LogP contribution in [0.25, 0.3) is 10.4 Å². The molecule has 0 aliphatic carbocycles. The highest BCUT2D eigenvalue weighted by atomic mass is 32.2. The Labute approximate surface area is 116 Å². The fourth-order valence-corrected chi connectivity index (χ4v) is 2.60. The van der Waals surface area contributed by atoms with Crippen molar-refractivity contribution >= 4 is 16.1 Å². The maximum absolute atomic E-state index is 11.7. The van der Waals surface area contributed by atoms with Gasteiger partial charge in [-0.25, -0.2) is 4.79 Å². The van der Waals surface area contributed by atoms with Gasteiger partial charge in [0.25, 0.3) is 10.1 Å². The Morgan fingerprint density at radius 3 is 2.70 bits per heavy atom. The molecule has 0 saturated carbocycles. The largest absolute Gasteiger partial charge is 0.464 e. The topological polar surface area (TPSA) is 128 Å². The zero-order valence-corrected chi connectivity index (χ0v) is 12.2. The van der Waals surface area contributed by atoms with Crippen molar-refractivity contribution in [3.63, 3.8) is 0 Å². The molecule has 0 radical (unpaired) electrons. The molecular formula is C10H17N3O6S. The summed E-state index contributed by atoms with van der Waals surface area (Å²) >= 11 is 0. The lowest BCUT2D eigenvalue weighted by atomic mass is 9.97. The van der Waals surface area contributed by atoms with Crippen LogP contribution in [0, 0.1) is 0 Å². The van der Waals surface area contributed by atoms with Crippen LogP contribution in [0.2, 0.25) is 0 Å². The number of rotatable bonds is 5. The van der Waals surface area contributed by atoms with Crippen LogP contribution in [-0.4, -0.2) is 51.6 Å². The van der Waals surface area contributed by atoms with Crippen molar-refractivity contribution in [3.05, 3.63) is 10.4 Å². The third-order valence-electron chi connectivity index (χ3n) is 2.73. The van der Waals surface area contributed by atoms with Crippen molar-refractivity contribution in [1.29, 1.82) is 0 Å². The van der Waals surface area contributed by atoms with Crippen molar-refractivity contribution in [3.8, 4) is 0 Å². The first-order valence-electron chi connectivity index (χ1n) is 6.03. The summed E-state index contributed by atoms with van der Waals surface area (Å²) in [6.45, 7) is 3.38. The van der Waals surface area contributed by atoms with Gasteiger partial charge in [0.2, 0.25) is 0 Å². The molecule has 1 heterocycles. The average Bonchev–Trinajstić information content (AvgIpc) is 2.31. The molecule has 1 fully saturated rings. The second-order valence-corrected chi connectivity index (χ2v) is 5.96. The third kappa shape index (κ3) is 4.64. The lowest BCUT2D eigenvalue weighted by Gasteiger charge is -2.36. The zero-order chi connectivity index (χ0) is 15.3. The van der Waals surface area contributed by atoms with E-state index >= 15 is 0 Å². The molecule has 0 aromatic rings. The second kappa shape index (κ2) is 6.89. The van der Waals surface area contributed by atoms with Gasteiger partial charge < -0.3 is 9.47 Å². The highest BCUT2D eigenvalue weighted by Crippen LogP contribution is 2.26. The van der Waals surface area contributed by atoms with Crippen LogP contribution in [0.4, 0.5) is 0 Å². The summed E-state index contributed by atoms with van der Waals surface area (Å²) < 4.78 is 37.4. The lowest BCUT2D eigenvalue weighted by molar-refractivity contribution is -0.173. The number of hydrogen-bond acceptors (Lipinski definition) is 7. The Balaban J connectivity index is 2.88. The molecule has 4 atom stereocenters. The van der Waals surface area contributed by atoms with E-state index in [9.17, 15) is 13.2 Å². The number of carbonyl (C=O) groups is 1. The van der Waals surface area contributed by atoms with E-state index < -0.39 is 40.4 Å². The summed E-state index contributed by atoms with van der Waals surface area (Å²) in [4.78, 5) is 14.4. The minimum absolute atomic E-state index is 0.0573. The number of azide groups is 1. The summed E-state index contributed by atoms with van der Waals surface area (Å²) in [6.07, 6.45) is -1.54. The Morgan fingerprint density at radius 2 is 2.20 bits per heavy atom. The van der Waals surface area contributed by atoms with Gasteiger partial charge in [0, 0.05) is 4.91 Å². The van der Waals surface area contributed by atoms with Gasteiger partial charge in [-0.2, -0.15) is 8.42 Å². The predicted molar refractivity (Wildman–Crippen MR) is 68.2 cm³/mol. The molecule has 0 aromatic carbocycles. The van der Waals surface area contributed by atoms with E-state index in [0.717, 1.165) is 6.26 Å². The van der Waals surface area contributed by atoms with Crippen molar-refractivity contribution in [2.24, 2.45) is 5.11 Å². The first-order chi connectivity index (χ1) is 9.28. The predicted octanol–water partition coefficient (Wildman–Crippen LogP) is 0.751. The lowest BCUT2D eigenvalue weighted by Crippen LogP contribution is -2.50. The first-order valence-corrected chi connectivity index (χ1v) is 7.84. The Hall–Kier alpha value is -1.35. The van der Waals surface area contributed by atoms with Crippen molar-refractivity contribution < 1.29 is 26.9 Å². The van der Waals surface area contributed by atoms with Gasteiger partial charge in [-0.1, -0.05) is 5.11 Å². The van der Waals surface area contributed by atoms with Gasteiger partial charge in [-0.15, -0.1) is 0 Å². The summed E-state index contributed by atoms with van der Waals surface area (Å²) in [7, 11) is -3.67. The molecule has 9 nitrogen and oxygen atoms in total. The Morgan fingerprint density at radius 1 is 1.55 bits per heavy atom. The van der Waals surface area contributed by atoms with E-state index in [1.54, 1.807) is 13.8 Å². The van der Waals surface area contributed by atoms with E-state index in [4.69, 9.17) is 19.2 Å². The van der Waals surface area contributed by atoms with Crippen molar-refractivity contribution in [2.75, 3.05) is 12.9 Å². The van der Waals surface area contributed by atoms with Crippen LogP contribution in [0.15, 0.2) is 5.11 Å². The standard InChI is InChI=1S/C10H17N3O6S/c1-4-17-10(14)9-7(12-13-11)5-8(6(2)18-9)19-20(3,15)16/h6-9H,4-5H2,1-3H3/t6-,7-,8+,9+/m1/s1. The number of ether oxygens (including phenoxy) is 2. The number of nitrogens with zero attached hydrogens (tertiary/aromatic N) is 3. The summed E-state index contributed by atoms with van der Waals surface area (Å²) in [6, 6.07) is -0.873. The number of esters is 1. The molecule has 1 aliphatic heterocycles. The maximum atomic E-state index is 11.7. The van der Waals surface area contributed by atoms with Gasteiger partial charge in [0.15, 0.2) is 6.10 Å².